The maximum atomic E-state index is 12.1. The fourth-order valence-electron chi connectivity index (χ4n) is 2.16. The highest BCUT2D eigenvalue weighted by atomic mass is 35.5. The van der Waals surface area contributed by atoms with Crippen LogP contribution in [-0.2, 0) is 4.79 Å². The van der Waals surface area contributed by atoms with Gasteiger partial charge in [-0.2, -0.15) is 4.68 Å². The molecule has 3 aromatic rings. The number of hydrogen-bond donors (Lipinski definition) is 1. The fraction of sp³-hybridized carbons (Fsp3) is 0.176. The van der Waals surface area contributed by atoms with Gasteiger partial charge in [-0.3, -0.25) is 4.79 Å². The van der Waals surface area contributed by atoms with E-state index in [1.54, 1.807) is 23.9 Å². The summed E-state index contributed by atoms with van der Waals surface area (Å²) in [5.74, 6) is 1.17. The van der Waals surface area contributed by atoms with Crippen LogP contribution in [-0.4, -0.2) is 39.0 Å². The van der Waals surface area contributed by atoms with Crippen molar-refractivity contribution < 1.29 is 9.53 Å². The zero-order valence-corrected chi connectivity index (χ0v) is 15.5. The number of nitrogens with zero attached hydrogens (tertiary/aromatic N) is 4. The second kappa shape index (κ2) is 8.68. The predicted octanol–water partition coefficient (Wildman–Crippen LogP) is 3.45. The summed E-state index contributed by atoms with van der Waals surface area (Å²) in [6.45, 7) is 0. The van der Waals surface area contributed by atoms with E-state index in [1.807, 2.05) is 36.4 Å². The van der Waals surface area contributed by atoms with Crippen molar-refractivity contribution in [3.05, 3.63) is 53.6 Å². The number of amides is 1. The van der Waals surface area contributed by atoms with Crippen molar-refractivity contribution in [2.45, 2.75) is 11.6 Å². The normalized spacial score (nSPS) is 10.5. The first-order valence-corrected chi connectivity index (χ1v) is 9.13. The minimum Gasteiger partial charge on any atom is -0.497 e. The number of carbonyl (C=O) groups excluding carboxylic acids is 1. The Hall–Kier alpha value is -2.58. The van der Waals surface area contributed by atoms with Gasteiger partial charge in [0, 0.05) is 12.2 Å². The molecule has 7 nitrogen and oxygen atoms in total. The van der Waals surface area contributed by atoms with E-state index in [1.165, 1.54) is 11.8 Å². The van der Waals surface area contributed by atoms with E-state index < -0.39 is 0 Å². The van der Waals surface area contributed by atoms with Gasteiger partial charge in [0.2, 0.25) is 11.1 Å². The number of benzene rings is 2. The first-order chi connectivity index (χ1) is 12.7. The first kappa shape index (κ1) is 18.2. The van der Waals surface area contributed by atoms with Gasteiger partial charge in [0.05, 0.1) is 23.5 Å². The molecule has 0 fully saturated rings. The summed E-state index contributed by atoms with van der Waals surface area (Å²) in [6, 6.07) is 14.5. The molecule has 0 aliphatic rings. The monoisotopic (exact) mass is 389 g/mol. The minimum atomic E-state index is -0.117. The quantitative estimate of drug-likeness (QED) is 0.623. The molecule has 0 radical (unpaired) electrons. The Morgan fingerprint density at radius 2 is 2.00 bits per heavy atom. The smallest absolute Gasteiger partial charge is 0.225 e. The number of thioether (sulfide) groups is 1. The van der Waals surface area contributed by atoms with E-state index in [0.29, 0.717) is 28.0 Å². The van der Waals surface area contributed by atoms with Crippen LogP contribution in [0.15, 0.2) is 53.7 Å². The minimum absolute atomic E-state index is 0.117. The van der Waals surface area contributed by atoms with Crippen molar-refractivity contribution in [2.75, 3.05) is 18.2 Å². The molecule has 0 unspecified atom stereocenters. The number of anilines is 1. The zero-order valence-electron chi connectivity index (χ0n) is 13.9. The highest BCUT2D eigenvalue weighted by Gasteiger charge is 2.11. The van der Waals surface area contributed by atoms with Crippen LogP contribution in [0.3, 0.4) is 0 Å². The molecule has 1 amide bonds. The summed E-state index contributed by atoms with van der Waals surface area (Å²) in [5, 5.41) is 15.6. The molecule has 2 aromatic carbocycles. The highest BCUT2D eigenvalue weighted by molar-refractivity contribution is 7.99. The van der Waals surface area contributed by atoms with E-state index in [2.05, 4.69) is 20.8 Å². The van der Waals surface area contributed by atoms with Gasteiger partial charge in [-0.05, 0) is 46.8 Å². The number of carbonyl (C=O) groups is 1. The van der Waals surface area contributed by atoms with Crippen molar-refractivity contribution in [3.8, 4) is 11.4 Å². The van der Waals surface area contributed by atoms with Gasteiger partial charge in [0.25, 0.3) is 0 Å². The molecule has 0 bridgehead atoms. The molecule has 9 heteroatoms. The summed E-state index contributed by atoms with van der Waals surface area (Å²) in [4.78, 5) is 12.1. The molecule has 0 spiro atoms. The van der Waals surface area contributed by atoms with Gasteiger partial charge in [-0.15, -0.1) is 5.10 Å². The summed E-state index contributed by atoms with van der Waals surface area (Å²) >= 11 is 7.44. The molecule has 26 heavy (non-hydrogen) atoms. The maximum absolute atomic E-state index is 12.1. The van der Waals surface area contributed by atoms with Crippen molar-refractivity contribution in [3.63, 3.8) is 0 Å². The molecule has 1 heterocycles. The molecule has 0 atom stereocenters. The Morgan fingerprint density at radius 1 is 1.23 bits per heavy atom. The fourth-order valence-corrected chi connectivity index (χ4v) is 3.18. The Balaban J connectivity index is 1.56. The zero-order chi connectivity index (χ0) is 18.4. The second-order valence-electron chi connectivity index (χ2n) is 5.20. The Morgan fingerprint density at radius 3 is 2.73 bits per heavy atom. The SMILES string of the molecule is COc1ccc(-n2nnnc2SCCC(=O)Nc2ccccc2Cl)cc1. The molecule has 134 valence electrons. The third-order valence-electron chi connectivity index (χ3n) is 3.47. The van der Waals surface area contributed by atoms with Gasteiger partial charge >= 0.3 is 0 Å². The number of ether oxygens (including phenoxy) is 1. The second-order valence-corrected chi connectivity index (χ2v) is 6.67. The number of aromatic nitrogens is 4. The topological polar surface area (TPSA) is 81.9 Å². The number of tetrazole rings is 1. The van der Waals surface area contributed by atoms with Crippen LogP contribution in [0.5, 0.6) is 5.75 Å². The largest absolute Gasteiger partial charge is 0.497 e. The van der Waals surface area contributed by atoms with Crippen LogP contribution in [0.2, 0.25) is 5.02 Å². The number of hydrogen-bond acceptors (Lipinski definition) is 6. The highest BCUT2D eigenvalue weighted by Crippen LogP contribution is 2.22. The van der Waals surface area contributed by atoms with Crippen LogP contribution in [0.4, 0.5) is 5.69 Å². The summed E-state index contributed by atoms with van der Waals surface area (Å²) in [6.07, 6.45) is 0.311. The van der Waals surface area contributed by atoms with E-state index >= 15 is 0 Å². The molecule has 0 saturated carbocycles. The van der Waals surface area contributed by atoms with Crippen molar-refractivity contribution in [1.29, 1.82) is 0 Å². The number of methoxy groups -OCH3 is 1. The molecule has 0 aliphatic carbocycles. The maximum Gasteiger partial charge on any atom is 0.225 e. The van der Waals surface area contributed by atoms with Crippen LogP contribution < -0.4 is 10.1 Å². The average Bonchev–Trinajstić information content (AvgIpc) is 3.12. The van der Waals surface area contributed by atoms with Gasteiger partial charge < -0.3 is 10.1 Å². The van der Waals surface area contributed by atoms with Gasteiger partial charge in [0.1, 0.15) is 5.75 Å². The lowest BCUT2D eigenvalue weighted by molar-refractivity contribution is -0.115. The lowest BCUT2D eigenvalue weighted by Crippen LogP contribution is -2.12. The van der Waals surface area contributed by atoms with Crippen LogP contribution >= 0.6 is 23.4 Å². The molecule has 0 aliphatic heterocycles. The standard InChI is InChI=1S/C17H16ClN5O2S/c1-25-13-8-6-12(7-9-13)23-17(20-21-22-23)26-11-10-16(24)19-15-5-3-2-4-14(15)18/h2-9H,10-11H2,1H3,(H,19,24). The van der Waals surface area contributed by atoms with Crippen molar-refractivity contribution in [1.82, 2.24) is 20.2 Å². The van der Waals surface area contributed by atoms with Crippen LogP contribution in [0.25, 0.3) is 5.69 Å². The van der Waals surface area contributed by atoms with Crippen LogP contribution in [0.1, 0.15) is 6.42 Å². The lowest BCUT2D eigenvalue weighted by atomic mass is 10.3. The average molecular weight is 390 g/mol. The van der Waals surface area contributed by atoms with Gasteiger partial charge in [-0.25, -0.2) is 0 Å². The first-order valence-electron chi connectivity index (χ1n) is 7.77. The molecular weight excluding hydrogens is 374 g/mol. The third-order valence-corrected chi connectivity index (χ3v) is 4.72. The van der Waals surface area contributed by atoms with Crippen molar-refractivity contribution >= 4 is 35.0 Å². The number of rotatable bonds is 7. The lowest BCUT2D eigenvalue weighted by Gasteiger charge is -2.07. The summed E-state index contributed by atoms with van der Waals surface area (Å²) in [5.41, 5.74) is 1.42. The Kier molecular flexibility index (Phi) is 6.08. The molecule has 0 saturated heterocycles. The van der Waals surface area contributed by atoms with E-state index in [4.69, 9.17) is 16.3 Å². The number of para-hydroxylation sites is 1. The molecule has 1 aromatic heterocycles. The van der Waals surface area contributed by atoms with E-state index in [9.17, 15) is 4.79 Å². The molecule has 3 rings (SSSR count). The van der Waals surface area contributed by atoms with E-state index in [0.717, 1.165) is 11.4 Å². The van der Waals surface area contributed by atoms with E-state index in [-0.39, 0.29) is 5.91 Å². The number of halogens is 1. The Labute approximate surface area is 159 Å². The predicted molar refractivity (Wildman–Crippen MR) is 101 cm³/mol. The van der Waals surface area contributed by atoms with Gasteiger partial charge in [0.15, 0.2) is 0 Å². The molecular formula is C17H16ClN5O2S. The van der Waals surface area contributed by atoms with Crippen LogP contribution in [0, 0.1) is 0 Å². The van der Waals surface area contributed by atoms with Gasteiger partial charge in [-0.1, -0.05) is 35.5 Å². The summed E-state index contributed by atoms with van der Waals surface area (Å²) in [7, 11) is 1.61. The Bertz CT molecular complexity index is 885. The number of nitrogens with one attached hydrogen (secondary N) is 1. The summed E-state index contributed by atoms with van der Waals surface area (Å²) < 4.78 is 6.77. The third kappa shape index (κ3) is 4.53. The molecule has 1 N–H and O–H groups in total. The van der Waals surface area contributed by atoms with Crippen molar-refractivity contribution in [2.24, 2.45) is 0 Å².